The van der Waals surface area contributed by atoms with Gasteiger partial charge in [0.25, 0.3) is 0 Å². The number of carbonyl (C=O) groups is 1. The van der Waals surface area contributed by atoms with Crippen LogP contribution in [0.4, 0.5) is 4.79 Å². The topological polar surface area (TPSA) is 66.5 Å². The van der Waals surface area contributed by atoms with Crippen LogP contribution in [0.3, 0.4) is 0 Å². The third-order valence-electron chi connectivity index (χ3n) is 4.87. The average Bonchev–Trinajstić information content (AvgIpc) is 2.80. The Morgan fingerprint density at radius 1 is 0.935 bits per heavy atom. The van der Waals surface area contributed by atoms with Crippen LogP contribution in [0.1, 0.15) is 11.8 Å². The molecule has 0 radical (unpaired) electrons. The lowest BCUT2D eigenvalue weighted by molar-refractivity contribution is 0.140. The van der Waals surface area contributed by atoms with Gasteiger partial charge >= 0.3 is 6.03 Å². The van der Waals surface area contributed by atoms with Crippen LogP contribution in [0, 0.1) is 0 Å². The highest BCUT2D eigenvalue weighted by Crippen LogP contribution is 2.24. The second kappa shape index (κ2) is 12.2. The molecule has 0 spiro atoms. The highest BCUT2D eigenvalue weighted by Gasteiger charge is 2.22. The van der Waals surface area contributed by atoms with Crippen molar-refractivity contribution < 1.29 is 9.53 Å². The summed E-state index contributed by atoms with van der Waals surface area (Å²) < 4.78 is 6.07. The molecule has 1 unspecified atom stereocenters. The molecule has 2 N–H and O–H groups in total. The number of halogens is 2. The lowest BCUT2D eigenvalue weighted by Gasteiger charge is -2.30. The number of carbonyl (C=O) groups excluding carboxylic acids is 1. The average molecular weight is 461 g/mol. The molecule has 8 heteroatoms. The molecule has 0 saturated carbocycles. The molecular weight excluding hydrogens is 435 g/mol. The highest BCUT2D eigenvalue weighted by molar-refractivity contribution is 5.85. The summed E-state index contributed by atoms with van der Waals surface area (Å²) in [7, 11) is 0. The van der Waals surface area contributed by atoms with Crippen molar-refractivity contribution in [1.82, 2.24) is 20.5 Å². The van der Waals surface area contributed by atoms with Gasteiger partial charge < -0.3 is 15.0 Å². The van der Waals surface area contributed by atoms with Gasteiger partial charge in [0.2, 0.25) is 0 Å². The van der Waals surface area contributed by atoms with Gasteiger partial charge in [-0.3, -0.25) is 10.3 Å². The minimum absolute atomic E-state index is 0. The minimum Gasteiger partial charge on any atom is -0.465 e. The van der Waals surface area contributed by atoms with Crippen molar-refractivity contribution in [2.45, 2.75) is 6.23 Å². The zero-order valence-corrected chi connectivity index (χ0v) is 18.6. The van der Waals surface area contributed by atoms with E-state index >= 15 is 0 Å². The molecule has 0 bridgehead atoms. The molecule has 2 aromatic carbocycles. The SMILES string of the molecule is Cl.Cl.O=C(NC(Oc1cccnc1)c1ccc(-c2ccccc2)cc1)N1CCNCC1. The van der Waals surface area contributed by atoms with Crippen molar-refractivity contribution in [1.29, 1.82) is 0 Å². The molecule has 1 aromatic heterocycles. The molecule has 4 rings (SSSR count). The maximum absolute atomic E-state index is 12.8. The highest BCUT2D eigenvalue weighted by atomic mass is 35.5. The van der Waals surface area contributed by atoms with Crippen LogP contribution >= 0.6 is 24.8 Å². The molecule has 1 aliphatic heterocycles. The van der Waals surface area contributed by atoms with E-state index in [2.05, 4.69) is 27.8 Å². The lowest BCUT2D eigenvalue weighted by atomic mass is 10.0. The number of hydrogen-bond acceptors (Lipinski definition) is 4. The van der Waals surface area contributed by atoms with E-state index in [1.54, 1.807) is 17.3 Å². The number of amides is 2. The van der Waals surface area contributed by atoms with E-state index in [-0.39, 0.29) is 30.8 Å². The van der Waals surface area contributed by atoms with Crippen molar-refractivity contribution in [2.75, 3.05) is 26.2 Å². The summed E-state index contributed by atoms with van der Waals surface area (Å²) in [4.78, 5) is 18.6. The van der Waals surface area contributed by atoms with Crippen molar-refractivity contribution >= 4 is 30.8 Å². The lowest BCUT2D eigenvalue weighted by Crippen LogP contribution is -2.51. The summed E-state index contributed by atoms with van der Waals surface area (Å²) in [5.74, 6) is 0.602. The molecule has 164 valence electrons. The molecule has 1 fully saturated rings. The van der Waals surface area contributed by atoms with Crippen molar-refractivity contribution in [3.63, 3.8) is 0 Å². The Morgan fingerprint density at radius 2 is 1.61 bits per heavy atom. The van der Waals surface area contributed by atoms with Crippen LogP contribution in [-0.4, -0.2) is 42.1 Å². The summed E-state index contributed by atoms with van der Waals surface area (Å²) in [6.07, 6.45) is 2.73. The standard InChI is InChI=1S/C23H24N4O2.2ClH/c28-23(27-15-13-24-14-16-27)26-22(29-21-7-4-12-25-17-21)20-10-8-19(9-11-20)18-5-2-1-3-6-18;;/h1-12,17,22,24H,13-16H2,(H,26,28);2*1H. The first kappa shape index (κ1) is 24.5. The summed E-state index contributed by atoms with van der Waals surface area (Å²) in [5.41, 5.74) is 3.13. The number of rotatable bonds is 5. The summed E-state index contributed by atoms with van der Waals surface area (Å²) in [5, 5.41) is 6.27. The smallest absolute Gasteiger partial charge is 0.320 e. The first-order valence-electron chi connectivity index (χ1n) is 9.78. The van der Waals surface area contributed by atoms with E-state index < -0.39 is 6.23 Å². The number of urea groups is 1. The van der Waals surface area contributed by atoms with E-state index in [0.717, 1.165) is 29.8 Å². The van der Waals surface area contributed by atoms with Crippen molar-refractivity contribution in [3.05, 3.63) is 84.7 Å². The zero-order chi connectivity index (χ0) is 19.9. The Morgan fingerprint density at radius 3 is 2.26 bits per heavy atom. The Labute approximate surface area is 194 Å². The second-order valence-electron chi connectivity index (χ2n) is 6.86. The molecule has 6 nitrogen and oxygen atoms in total. The molecule has 1 saturated heterocycles. The van der Waals surface area contributed by atoms with E-state index in [1.165, 1.54) is 0 Å². The fourth-order valence-electron chi connectivity index (χ4n) is 3.29. The number of hydrogen-bond donors (Lipinski definition) is 2. The normalized spacial score (nSPS) is 13.9. The van der Waals surface area contributed by atoms with Gasteiger partial charge in [-0.15, -0.1) is 24.8 Å². The van der Waals surface area contributed by atoms with Crippen LogP contribution in [0.5, 0.6) is 5.75 Å². The molecular formula is C23H26Cl2N4O2. The summed E-state index contributed by atoms with van der Waals surface area (Å²) in [6, 6.07) is 21.8. The zero-order valence-electron chi connectivity index (χ0n) is 16.9. The van der Waals surface area contributed by atoms with Crippen LogP contribution < -0.4 is 15.4 Å². The monoisotopic (exact) mass is 460 g/mol. The number of ether oxygens (including phenoxy) is 1. The van der Waals surface area contributed by atoms with Gasteiger partial charge in [-0.05, 0) is 23.3 Å². The molecule has 1 aliphatic rings. The number of pyridine rings is 1. The largest absolute Gasteiger partial charge is 0.465 e. The van der Waals surface area contributed by atoms with E-state index in [9.17, 15) is 4.79 Å². The van der Waals surface area contributed by atoms with Crippen LogP contribution in [0.25, 0.3) is 11.1 Å². The van der Waals surface area contributed by atoms with Crippen molar-refractivity contribution in [2.24, 2.45) is 0 Å². The number of piperazine rings is 1. The fourth-order valence-corrected chi connectivity index (χ4v) is 3.29. The maximum Gasteiger partial charge on any atom is 0.320 e. The van der Waals surface area contributed by atoms with Gasteiger partial charge in [-0.25, -0.2) is 4.79 Å². The maximum atomic E-state index is 12.8. The third-order valence-corrected chi connectivity index (χ3v) is 4.87. The number of nitrogens with zero attached hydrogens (tertiary/aromatic N) is 2. The molecule has 1 atom stereocenters. The van der Waals surface area contributed by atoms with Gasteiger partial charge in [-0.2, -0.15) is 0 Å². The minimum atomic E-state index is -0.605. The fraction of sp³-hybridized carbons (Fsp3) is 0.217. The molecule has 31 heavy (non-hydrogen) atoms. The Balaban J connectivity index is 0.00000171. The Kier molecular flexibility index (Phi) is 9.59. The Hall–Kier alpha value is -2.80. The van der Waals surface area contributed by atoms with Crippen LogP contribution in [0.2, 0.25) is 0 Å². The van der Waals surface area contributed by atoms with Gasteiger partial charge in [0, 0.05) is 37.9 Å². The third kappa shape index (κ3) is 6.59. The van der Waals surface area contributed by atoms with Crippen molar-refractivity contribution in [3.8, 4) is 16.9 Å². The van der Waals surface area contributed by atoms with E-state index in [4.69, 9.17) is 4.74 Å². The van der Waals surface area contributed by atoms with Gasteiger partial charge in [0.15, 0.2) is 6.23 Å². The molecule has 2 heterocycles. The van der Waals surface area contributed by atoms with Gasteiger partial charge in [0.1, 0.15) is 5.75 Å². The van der Waals surface area contributed by atoms with Crippen LogP contribution in [0.15, 0.2) is 79.1 Å². The molecule has 2 amide bonds. The van der Waals surface area contributed by atoms with E-state index in [1.807, 2.05) is 54.6 Å². The predicted molar refractivity (Wildman–Crippen MR) is 127 cm³/mol. The predicted octanol–water partition coefficient (Wildman–Crippen LogP) is 4.28. The Bertz CT molecular complexity index is 921. The van der Waals surface area contributed by atoms with Crippen LogP contribution in [-0.2, 0) is 0 Å². The quantitative estimate of drug-likeness (QED) is 0.557. The number of nitrogens with one attached hydrogen (secondary N) is 2. The number of benzene rings is 2. The second-order valence-corrected chi connectivity index (χ2v) is 6.86. The first-order valence-corrected chi connectivity index (χ1v) is 9.78. The summed E-state index contributed by atoms with van der Waals surface area (Å²) >= 11 is 0. The molecule has 0 aliphatic carbocycles. The first-order chi connectivity index (χ1) is 14.3. The summed E-state index contributed by atoms with van der Waals surface area (Å²) in [6.45, 7) is 2.96. The van der Waals surface area contributed by atoms with Gasteiger partial charge in [-0.1, -0.05) is 54.6 Å². The molecule has 3 aromatic rings. The van der Waals surface area contributed by atoms with Gasteiger partial charge in [0.05, 0.1) is 6.20 Å². The number of aromatic nitrogens is 1. The van der Waals surface area contributed by atoms with E-state index in [0.29, 0.717) is 18.8 Å².